The summed E-state index contributed by atoms with van der Waals surface area (Å²) in [6.45, 7) is 3.19. The Kier molecular flexibility index (Phi) is 2.69. The standard InChI is InChI=1S/C12H12BrClN2O/c1-12(3-2-4-15-12)10-6-8-9(17-10)5-7(13)11(14)16-8/h5-6,15H,2-4H2,1H3/t12-/m0/s1. The van der Waals surface area contributed by atoms with Crippen LogP contribution >= 0.6 is 27.5 Å². The highest BCUT2D eigenvalue weighted by Gasteiger charge is 2.33. The smallest absolute Gasteiger partial charge is 0.154 e. The molecule has 1 N–H and O–H groups in total. The van der Waals surface area contributed by atoms with E-state index in [2.05, 4.69) is 33.2 Å². The molecule has 17 heavy (non-hydrogen) atoms. The number of fused-ring (bicyclic) bond motifs is 1. The van der Waals surface area contributed by atoms with Crippen molar-refractivity contribution in [3.8, 4) is 0 Å². The molecule has 0 radical (unpaired) electrons. The molecule has 1 aliphatic heterocycles. The van der Waals surface area contributed by atoms with Crippen LogP contribution < -0.4 is 5.32 Å². The molecule has 3 heterocycles. The van der Waals surface area contributed by atoms with E-state index in [0.29, 0.717) is 5.15 Å². The van der Waals surface area contributed by atoms with Crippen molar-refractivity contribution in [2.75, 3.05) is 6.54 Å². The number of nitrogens with one attached hydrogen (secondary N) is 1. The number of hydrogen-bond donors (Lipinski definition) is 1. The van der Waals surface area contributed by atoms with E-state index in [0.717, 1.165) is 34.3 Å². The minimum atomic E-state index is -0.0698. The molecule has 2 aromatic heterocycles. The maximum Gasteiger partial charge on any atom is 0.154 e. The van der Waals surface area contributed by atoms with E-state index in [4.69, 9.17) is 16.0 Å². The second-order valence-corrected chi connectivity index (χ2v) is 5.83. The van der Waals surface area contributed by atoms with Crippen LogP contribution in [-0.4, -0.2) is 11.5 Å². The number of furan rings is 1. The van der Waals surface area contributed by atoms with Gasteiger partial charge >= 0.3 is 0 Å². The van der Waals surface area contributed by atoms with Gasteiger partial charge in [-0.05, 0) is 42.2 Å². The largest absolute Gasteiger partial charge is 0.457 e. The van der Waals surface area contributed by atoms with Gasteiger partial charge in [-0.15, -0.1) is 0 Å². The topological polar surface area (TPSA) is 38.1 Å². The first-order valence-electron chi connectivity index (χ1n) is 5.60. The van der Waals surface area contributed by atoms with Gasteiger partial charge in [0, 0.05) is 12.1 Å². The van der Waals surface area contributed by atoms with Crippen LogP contribution in [-0.2, 0) is 5.54 Å². The van der Waals surface area contributed by atoms with Crippen LogP contribution in [0.1, 0.15) is 25.5 Å². The molecule has 2 aromatic rings. The number of aromatic nitrogens is 1. The van der Waals surface area contributed by atoms with Crippen molar-refractivity contribution < 1.29 is 4.42 Å². The third-order valence-electron chi connectivity index (χ3n) is 3.33. The Morgan fingerprint density at radius 3 is 3.06 bits per heavy atom. The second kappa shape index (κ2) is 3.97. The summed E-state index contributed by atoms with van der Waals surface area (Å²) in [6.07, 6.45) is 2.26. The van der Waals surface area contributed by atoms with Gasteiger partial charge in [0.05, 0.1) is 10.0 Å². The minimum absolute atomic E-state index is 0.0698. The van der Waals surface area contributed by atoms with Crippen molar-refractivity contribution >= 4 is 38.6 Å². The Hall–Kier alpha value is -0.580. The highest BCUT2D eigenvalue weighted by molar-refractivity contribution is 9.10. The molecule has 1 aliphatic rings. The van der Waals surface area contributed by atoms with Crippen molar-refractivity contribution in [1.29, 1.82) is 0 Å². The lowest BCUT2D eigenvalue weighted by molar-refractivity contribution is 0.346. The summed E-state index contributed by atoms with van der Waals surface area (Å²) < 4.78 is 6.64. The first-order valence-corrected chi connectivity index (χ1v) is 6.77. The Balaban J connectivity index is 2.13. The molecule has 1 saturated heterocycles. The normalized spacial score (nSPS) is 24.6. The van der Waals surface area contributed by atoms with Crippen LogP contribution in [0, 0.1) is 0 Å². The Labute approximate surface area is 113 Å². The van der Waals surface area contributed by atoms with Crippen LogP contribution in [0.3, 0.4) is 0 Å². The first-order chi connectivity index (χ1) is 8.08. The third-order valence-corrected chi connectivity index (χ3v) is 4.45. The lowest BCUT2D eigenvalue weighted by Gasteiger charge is -2.20. The lowest BCUT2D eigenvalue weighted by Crippen LogP contribution is -2.32. The molecule has 0 amide bonds. The minimum Gasteiger partial charge on any atom is -0.457 e. The van der Waals surface area contributed by atoms with Gasteiger partial charge in [0.15, 0.2) is 5.58 Å². The second-order valence-electron chi connectivity index (χ2n) is 4.62. The molecule has 0 saturated carbocycles. The predicted octanol–water partition coefficient (Wildman–Crippen LogP) is 3.84. The lowest BCUT2D eigenvalue weighted by atomic mass is 9.97. The fourth-order valence-corrected chi connectivity index (χ4v) is 2.74. The molecule has 1 atom stereocenters. The molecule has 3 rings (SSSR count). The van der Waals surface area contributed by atoms with Gasteiger partial charge in [0.25, 0.3) is 0 Å². The predicted molar refractivity (Wildman–Crippen MR) is 71.3 cm³/mol. The monoisotopic (exact) mass is 314 g/mol. The Bertz CT molecular complexity index is 536. The van der Waals surface area contributed by atoms with Crippen LogP contribution in [0.5, 0.6) is 0 Å². The molecule has 5 heteroatoms. The summed E-state index contributed by atoms with van der Waals surface area (Å²) in [6, 6.07) is 3.85. The van der Waals surface area contributed by atoms with E-state index in [1.807, 2.05) is 12.1 Å². The zero-order valence-corrected chi connectivity index (χ0v) is 11.7. The summed E-state index contributed by atoms with van der Waals surface area (Å²) >= 11 is 9.33. The number of halogens is 2. The van der Waals surface area contributed by atoms with Gasteiger partial charge in [-0.3, -0.25) is 0 Å². The van der Waals surface area contributed by atoms with Gasteiger partial charge in [0.1, 0.15) is 16.4 Å². The molecule has 1 fully saturated rings. The van der Waals surface area contributed by atoms with Gasteiger partial charge in [-0.25, -0.2) is 4.98 Å². The SMILES string of the molecule is C[C@@]1(c2cc3nc(Cl)c(Br)cc3o2)CCCN1. The van der Waals surface area contributed by atoms with E-state index < -0.39 is 0 Å². The summed E-state index contributed by atoms with van der Waals surface area (Å²) in [7, 11) is 0. The third kappa shape index (κ3) is 1.88. The molecule has 90 valence electrons. The van der Waals surface area contributed by atoms with Crippen LogP contribution in [0.25, 0.3) is 11.1 Å². The summed E-state index contributed by atoms with van der Waals surface area (Å²) in [5, 5.41) is 3.94. The zero-order chi connectivity index (χ0) is 12.0. The van der Waals surface area contributed by atoms with E-state index in [-0.39, 0.29) is 5.54 Å². The molecule has 3 nitrogen and oxygen atoms in total. The molecule has 0 unspecified atom stereocenters. The van der Waals surface area contributed by atoms with Crippen LogP contribution in [0.4, 0.5) is 0 Å². The van der Waals surface area contributed by atoms with Gasteiger partial charge < -0.3 is 9.73 Å². The van der Waals surface area contributed by atoms with Crippen molar-refractivity contribution in [3.63, 3.8) is 0 Å². The highest BCUT2D eigenvalue weighted by atomic mass is 79.9. The fraction of sp³-hybridized carbons (Fsp3) is 0.417. The number of nitrogens with zero attached hydrogens (tertiary/aromatic N) is 1. The molecule has 0 aliphatic carbocycles. The average Bonchev–Trinajstić information content (AvgIpc) is 2.87. The van der Waals surface area contributed by atoms with Crippen molar-refractivity contribution in [3.05, 3.63) is 27.5 Å². The molecule has 0 bridgehead atoms. The van der Waals surface area contributed by atoms with Crippen LogP contribution in [0.2, 0.25) is 5.15 Å². The summed E-state index contributed by atoms with van der Waals surface area (Å²) in [5.41, 5.74) is 1.51. The number of pyridine rings is 1. The fourth-order valence-electron chi connectivity index (χ4n) is 2.30. The maximum absolute atomic E-state index is 5.98. The van der Waals surface area contributed by atoms with E-state index in [1.54, 1.807) is 0 Å². The number of hydrogen-bond acceptors (Lipinski definition) is 3. The van der Waals surface area contributed by atoms with E-state index in [1.165, 1.54) is 6.42 Å². The van der Waals surface area contributed by atoms with E-state index >= 15 is 0 Å². The quantitative estimate of drug-likeness (QED) is 0.813. The van der Waals surface area contributed by atoms with Crippen molar-refractivity contribution in [2.45, 2.75) is 25.3 Å². The van der Waals surface area contributed by atoms with Crippen LogP contribution in [0.15, 0.2) is 21.0 Å². The Morgan fingerprint density at radius 2 is 2.35 bits per heavy atom. The molecular weight excluding hydrogens is 304 g/mol. The highest BCUT2D eigenvalue weighted by Crippen LogP contribution is 2.35. The molecule has 0 aromatic carbocycles. The van der Waals surface area contributed by atoms with Gasteiger partial charge in [-0.1, -0.05) is 11.6 Å². The first kappa shape index (κ1) is 11.5. The number of rotatable bonds is 1. The van der Waals surface area contributed by atoms with E-state index in [9.17, 15) is 0 Å². The zero-order valence-electron chi connectivity index (χ0n) is 9.39. The van der Waals surface area contributed by atoms with Gasteiger partial charge in [0.2, 0.25) is 0 Å². The van der Waals surface area contributed by atoms with Crippen molar-refractivity contribution in [1.82, 2.24) is 10.3 Å². The Morgan fingerprint density at radius 1 is 1.53 bits per heavy atom. The average molecular weight is 316 g/mol. The van der Waals surface area contributed by atoms with Crippen molar-refractivity contribution in [2.24, 2.45) is 0 Å². The summed E-state index contributed by atoms with van der Waals surface area (Å²) in [4.78, 5) is 4.30. The molecular formula is C12H12BrClN2O. The summed E-state index contributed by atoms with van der Waals surface area (Å²) in [5.74, 6) is 0.937. The molecule has 0 spiro atoms. The van der Waals surface area contributed by atoms with Gasteiger partial charge in [-0.2, -0.15) is 0 Å². The maximum atomic E-state index is 5.98.